The van der Waals surface area contributed by atoms with Crippen LogP contribution in [0.1, 0.15) is 37.9 Å². The fourth-order valence-corrected chi connectivity index (χ4v) is 2.80. The van der Waals surface area contributed by atoms with E-state index in [2.05, 4.69) is 5.16 Å². The number of rotatable bonds is 6. The van der Waals surface area contributed by atoms with Gasteiger partial charge in [0.15, 0.2) is 12.4 Å². The molecule has 0 atom stereocenters. The molecule has 0 fully saturated rings. The topological polar surface area (TPSA) is 100 Å². The Hall–Kier alpha value is -3.35. The summed E-state index contributed by atoms with van der Waals surface area (Å²) in [7, 11) is 0. The second-order valence-electron chi connectivity index (χ2n) is 6.02. The monoisotopic (exact) mass is 353 g/mol. The predicted octanol–water partition coefficient (Wildman–Crippen LogP) is 2.75. The number of amides is 1. The van der Waals surface area contributed by atoms with Crippen LogP contribution in [0.25, 0.3) is 5.82 Å². The van der Waals surface area contributed by atoms with Gasteiger partial charge in [0, 0.05) is 28.6 Å². The number of benzene rings is 1. The lowest BCUT2D eigenvalue weighted by molar-refractivity contribution is 0.0919. The first kappa shape index (κ1) is 17.5. The van der Waals surface area contributed by atoms with Gasteiger partial charge in [0.1, 0.15) is 11.5 Å². The number of nitrogens with zero attached hydrogens (tertiary/aromatic N) is 2. The van der Waals surface area contributed by atoms with Crippen LogP contribution in [0, 0.1) is 20.8 Å². The minimum atomic E-state index is -0.511. The fraction of sp³-hybridized carbons (Fsp3) is 0.211. The van der Waals surface area contributed by atoms with E-state index in [4.69, 9.17) is 15.0 Å². The van der Waals surface area contributed by atoms with Gasteiger partial charge in [0.05, 0.1) is 0 Å². The zero-order valence-corrected chi connectivity index (χ0v) is 14.8. The molecule has 1 amide bonds. The Morgan fingerprint density at radius 3 is 2.42 bits per heavy atom. The van der Waals surface area contributed by atoms with Crippen molar-refractivity contribution in [2.45, 2.75) is 20.8 Å². The highest BCUT2D eigenvalue weighted by atomic mass is 16.5. The third-order valence-electron chi connectivity index (χ3n) is 4.08. The molecule has 7 heteroatoms. The summed E-state index contributed by atoms with van der Waals surface area (Å²) in [5, 5.41) is 4.00. The summed E-state index contributed by atoms with van der Waals surface area (Å²) in [4.78, 5) is 23.6. The van der Waals surface area contributed by atoms with E-state index in [9.17, 15) is 9.59 Å². The van der Waals surface area contributed by atoms with Gasteiger partial charge in [-0.3, -0.25) is 14.2 Å². The molecule has 2 heterocycles. The lowest BCUT2D eigenvalue weighted by atomic mass is 10.1. The third-order valence-corrected chi connectivity index (χ3v) is 4.08. The first-order valence-electron chi connectivity index (χ1n) is 8.05. The van der Waals surface area contributed by atoms with Crippen molar-refractivity contribution in [2.75, 3.05) is 6.61 Å². The van der Waals surface area contributed by atoms with Gasteiger partial charge in [-0.15, -0.1) is 0 Å². The standard InChI is InChI=1S/C19H19N3O4/c1-11-8-16(13(3)22(11)18-9-12(2)26-21-18)17(23)10-25-15-6-4-14(5-7-15)19(20)24/h4-9H,10H2,1-3H3,(H2,20,24). The predicted molar refractivity (Wildman–Crippen MR) is 94.8 cm³/mol. The van der Waals surface area contributed by atoms with Crippen LogP contribution in [0.15, 0.2) is 40.9 Å². The van der Waals surface area contributed by atoms with Crippen molar-refractivity contribution in [1.82, 2.24) is 9.72 Å². The molecule has 1 aromatic carbocycles. The lowest BCUT2D eigenvalue weighted by Crippen LogP contribution is -2.13. The number of carbonyl (C=O) groups excluding carboxylic acids is 2. The van der Waals surface area contributed by atoms with Crippen LogP contribution >= 0.6 is 0 Å². The fourth-order valence-electron chi connectivity index (χ4n) is 2.80. The molecule has 0 aliphatic carbocycles. The average Bonchev–Trinajstić information content (AvgIpc) is 3.15. The third kappa shape index (κ3) is 3.37. The molecule has 0 radical (unpaired) electrons. The quantitative estimate of drug-likeness (QED) is 0.687. The summed E-state index contributed by atoms with van der Waals surface area (Å²) in [6.45, 7) is 5.45. The van der Waals surface area contributed by atoms with Crippen LogP contribution in [0.5, 0.6) is 5.75 Å². The highest BCUT2D eigenvalue weighted by molar-refractivity contribution is 5.98. The van der Waals surface area contributed by atoms with Crippen molar-refractivity contribution < 1.29 is 18.8 Å². The van der Waals surface area contributed by atoms with Crippen molar-refractivity contribution in [2.24, 2.45) is 5.73 Å². The van der Waals surface area contributed by atoms with E-state index in [1.54, 1.807) is 30.3 Å². The first-order valence-corrected chi connectivity index (χ1v) is 8.05. The van der Waals surface area contributed by atoms with E-state index in [1.165, 1.54) is 0 Å². The molecule has 0 saturated heterocycles. The number of hydrogen-bond donors (Lipinski definition) is 1. The van der Waals surface area contributed by atoms with Crippen molar-refractivity contribution in [3.8, 4) is 11.6 Å². The number of primary amides is 1. The Morgan fingerprint density at radius 2 is 1.85 bits per heavy atom. The summed E-state index contributed by atoms with van der Waals surface area (Å²) in [6.07, 6.45) is 0. The van der Waals surface area contributed by atoms with E-state index < -0.39 is 5.91 Å². The van der Waals surface area contributed by atoms with Gasteiger partial charge in [-0.25, -0.2) is 0 Å². The van der Waals surface area contributed by atoms with Crippen LogP contribution in [0.4, 0.5) is 0 Å². The van der Waals surface area contributed by atoms with Crippen LogP contribution in [-0.2, 0) is 0 Å². The second-order valence-corrected chi connectivity index (χ2v) is 6.02. The van der Waals surface area contributed by atoms with Gasteiger partial charge in [0.2, 0.25) is 11.7 Å². The molecule has 3 rings (SSSR count). The average molecular weight is 353 g/mol. The molecule has 0 aliphatic rings. The number of carbonyl (C=O) groups is 2. The number of Topliss-reactive ketones (excluding diaryl/α,β-unsaturated/α-hetero) is 1. The maximum atomic E-state index is 12.6. The first-order chi connectivity index (χ1) is 12.4. The van der Waals surface area contributed by atoms with Gasteiger partial charge in [-0.2, -0.15) is 0 Å². The number of hydrogen-bond acceptors (Lipinski definition) is 5. The van der Waals surface area contributed by atoms with Gasteiger partial charge < -0.3 is 15.0 Å². The number of ether oxygens (including phenoxy) is 1. The van der Waals surface area contributed by atoms with Gasteiger partial charge in [-0.1, -0.05) is 5.16 Å². The Morgan fingerprint density at radius 1 is 1.15 bits per heavy atom. The molecule has 2 aromatic heterocycles. The summed E-state index contributed by atoms with van der Waals surface area (Å²) >= 11 is 0. The normalized spacial score (nSPS) is 10.7. The molecule has 0 saturated carbocycles. The lowest BCUT2D eigenvalue weighted by Gasteiger charge is -2.07. The molecular formula is C19H19N3O4. The molecule has 0 spiro atoms. The number of ketones is 1. The van der Waals surface area contributed by atoms with Gasteiger partial charge in [0.25, 0.3) is 0 Å². The highest BCUT2D eigenvalue weighted by Gasteiger charge is 2.18. The van der Waals surface area contributed by atoms with E-state index in [-0.39, 0.29) is 12.4 Å². The van der Waals surface area contributed by atoms with E-state index in [1.807, 2.05) is 31.4 Å². The Kier molecular flexibility index (Phi) is 4.62. The number of aryl methyl sites for hydroxylation is 2. The zero-order valence-electron chi connectivity index (χ0n) is 14.8. The summed E-state index contributed by atoms with van der Waals surface area (Å²) in [5.41, 5.74) is 7.80. The smallest absolute Gasteiger partial charge is 0.248 e. The minimum Gasteiger partial charge on any atom is -0.485 e. The zero-order chi connectivity index (χ0) is 18.8. The van der Waals surface area contributed by atoms with E-state index in [0.717, 1.165) is 11.4 Å². The summed E-state index contributed by atoms with van der Waals surface area (Å²) < 4.78 is 12.5. The van der Waals surface area contributed by atoms with E-state index >= 15 is 0 Å². The second kappa shape index (κ2) is 6.87. The molecule has 26 heavy (non-hydrogen) atoms. The molecule has 0 unspecified atom stereocenters. The van der Waals surface area contributed by atoms with Crippen LogP contribution < -0.4 is 10.5 Å². The highest BCUT2D eigenvalue weighted by Crippen LogP contribution is 2.21. The van der Waals surface area contributed by atoms with Crippen molar-refractivity contribution in [1.29, 1.82) is 0 Å². The summed E-state index contributed by atoms with van der Waals surface area (Å²) in [5.74, 6) is 1.17. The van der Waals surface area contributed by atoms with Gasteiger partial charge in [-0.05, 0) is 51.1 Å². The minimum absolute atomic E-state index is 0.113. The van der Waals surface area contributed by atoms with Crippen molar-refractivity contribution in [3.63, 3.8) is 0 Å². The molecule has 7 nitrogen and oxygen atoms in total. The largest absolute Gasteiger partial charge is 0.485 e. The van der Waals surface area contributed by atoms with Crippen LogP contribution in [0.2, 0.25) is 0 Å². The molecule has 134 valence electrons. The Bertz CT molecular complexity index is 967. The molecule has 2 N–H and O–H groups in total. The molecule has 0 bridgehead atoms. The van der Waals surface area contributed by atoms with Crippen molar-refractivity contribution in [3.05, 3.63) is 64.7 Å². The Labute approximate surface area is 150 Å². The summed E-state index contributed by atoms with van der Waals surface area (Å²) in [6, 6.07) is 9.94. The van der Waals surface area contributed by atoms with Crippen molar-refractivity contribution >= 4 is 11.7 Å². The molecule has 3 aromatic rings. The Balaban J connectivity index is 1.75. The molecule has 0 aliphatic heterocycles. The number of aromatic nitrogens is 2. The maximum Gasteiger partial charge on any atom is 0.248 e. The number of nitrogens with two attached hydrogens (primary N) is 1. The van der Waals surface area contributed by atoms with Crippen LogP contribution in [0.3, 0.4) is 0 Å². The van der Waals surface area contributed by atoms with Gasteiger partial charge >= 0.3 is 0 Å². The van der Waals surface area contributed by atoms with Crippen LogP contribution in [-0.4, -0.2) is 28.0 Å². The SMILES string of the molecule is Cc1cc(-n2c(C)cc(C(=O)COc3ccc(C(N)=O)cc3)c2C)no1. The molecular weight excluding hydrogens is 334 g/mol. The van der Waals surface area contributed by atoms with E-state index in [0.29, 0.717) is 28.5 Å². The maximum absolute atomic E-state index is 12.6.